The van der Waals surface area contributed by atoms with Gasteiger partial charge < -0.3 is 26.2 Å². The van der Waals surface area contributed by atoms with Crippen molar-refractivity contribution in [1.29, 1.82) is 0 Å². The van der Waals surface area contributed by atoms with Crippen LogP contribution in [-0.4, -0.2) is 54.6 Å². The van der Waals surface area contributed by atoms with Crippen molar-refractivity contribution in [3.05, 3.63) is 12.2 Å². The highest BCUT2D eigenvalue weighted by atomic mass is 16.5. The maximum absolute atomic E-state index is 11.8. The van der Waals surface area contributed by atoms with Crippen molar-refractivity contribution >= 4 is 23.8 Å². The lowest BCUT2D eigenvalue weighted by Crippen LogP contribution is -2.52. The molecule has 0 saturated heterocycles. The number of ether oxygens (including phenoxy) is 1. The number of aliphatic carboxylic acids is 1. The third-order valence-electron chi connectivity index (χ3n) is 2.73. The SMILES string of the molecule is COC(=O)/C=C/C(=O)NC[C@H](N)C(=O)N[C@@H](CC(C)C)C(=O)O. The molecule has 9 heteroatoms. The molecular formula is C14H23N3O6. The molecule has 0 heterocycles. The van der Waals surface area contributed by atoms with Gasteiger partial charge in [-0.2, -0.15) is 0 Å². The molecule has 0 aliphatic rings. The van der Waals surface area contributed by atoms with E-state index in [-0.39, 0.29) is 18.9 Å². The standard InChI is InChI=1S/C14H23N3O6/c1-8(2)6-10(14(21)22)17-13(20)9(15)7-16-11(18)4-5-12(19)23-3/h4-5,8-10H,6-7,15H2,1-3H3,(H,16,18)(H,17,20)(H,21,22)/b5-4+/t9-,10-/m0/s1. The monoisotopic (exact) mass is 329 g/mol. The predicted molar refractivity (Wildman–Crippen MR) is 81.2 cm³/mol. The van der Waals surface area contributed by atoms with Gasteiger partial charge in [-0.15, -0.1) is 0 Å². The molecule has 0 aromatic heterocycles. The van der Waals surface area contributed by atoms with Crippen LogP contribution in [0.15, 0.2) is 12.2 Å². The topological polar surface area (TPSA) is 148 Å². The van der Waals surface area contributed by atoms with Crippen LogP contribution in [0.3, 0.4) is 0 Å². The van der Waals surface area contributed by atoms with Crippen molar-refractivity contribution in [3.63, 3.8) is 0 Å². The van der Waals surface area contributed by atoms with E-state index in [1.165, 1.54) is 7.11 Å². The van der Waals surface area contributed by atoms with Crippen molar-refractivity contribution in [2.75, 3.05) is 13.7 Å². The molecule has 0 aromatic rings. The van der Waals surface area contributed by atoms with Crippen LogP contribution in [-0.2, 0) is 23.9 Å². The Bertz CT molecular complexity index is 475. The number of esters is 1. The molecule has 9 nitrogen and oxygen atoms in total. The number of carboxylic acid groups (broad SMARTS) is 1. The fraction of sp³-hybridized carbons (Fsp3) is 0.571. The van der Waals surface area contributed by atoms with Crippen molar-refractivity contribution in [3.8, 4) is 0 Å². The Labute approximate surface area is 134 Å². The Kier molecular flexibility index (Phi) is 9.24. The Balaban J connectivity index is 4.38. The smallest absolute Gasteiger partial charge is 0.330 e. The van der Waals surface area contributed by atoms with Crippen LogP contribution >= 0.6 is 0 Å². The summed E-state index contributed by atoms with van der Waals surface area (Å²) in [6, 6.07) is -2.15. The highest BCUT2D eigenvalue weighted by Crippen LogP contribution is 2.05. The second-order valence-corrected chi connectivity index (χ2v) is 5.24. The molecule has 0 saturated carbocycles. The van der Waals surface area contributed by atoms with Gasteiger partial charge in [0.05, 0.1) is 7.11 Å². The molecule has 23 heavy (non-hydrogen) atoms. The van der Waals surface area contributed by atoms with Crippen molar-refractivity contribution in [2.24, 2.45) is 11.7 Å². The first-order valence-electron chi connectivity index (χ1n) is 7.00. The second-order valence-electron chi connectivity index (χ2n) is 5.24. The number of hydrogen-bond donors (Lipinski definition) is 4. The van der Waals surface area contributed by atoms with Gasteiger partial charge in [-0.25, -0.2) is 9.59 Å². The fourth-order valence-electron chi connectivity index (χ4n) is 1.55. The minimum atomic E-state index is -1.15. The summed E-state index contributed by atoms with van der Waals surface area (Å²) < 4.78 is 4.31. The number of methoxy groups -OCH3 is 1. The number of carbonyl (C=O) groups excluding carboxylic acids is 3. The van der Waals surface area contributed by atoms with E-state index in [4.69, 9.17) is 10.8 Å². The Morgan fingerprint density at radius 1 is 1.22 bits per heavy atom. The van der Waals surface area contributed by atoms with Crippen molar-refractivity contribution in [2.45, 2.75) is 32.4 Å². The molecule has 0 rings (SSSR count). The number of carbonyl (C=O) groups is 4. The summed E-state index contributed by atoms with van der Waals surface area (Å²) in [5.41, 5.74) is 5.59. The molecule has 130 valence electrons. The summed E-state index contributed by atoms with van der Waals surface area (Å²) in [6.45, 7) is 3.45. The molecule has 0 unspecified atom stereocenters. The number of hydrogen-bond acceptors (Lipinski definition) is 6. The Hall–Kier alpha value is -2.42. The molecule has 0 fully saturated rings. The lowest BCUT2D eigenvalue weighted by Gasteiger charge is -2.19. The van der Waals surface area contributed by atoms with Crippen LogP contribution in [0.5, 0.6) is 0 Å². The summed E-state index contributed by atoms with van der Waals surface area (Å²) >= 11 is 0. The van der Waals surface area contributed by atoms with E-state index in [0.29, 0.717) is 0 Å². The van der Waals surface area contributed by atoms with E-state index in [1.54, 1.807) is 0 Å². The molecule has 0 aromatic carbocycles. The molecule has 0 radical (unpaired) electrons. The van der Waals surface area contributed by atoms with Crippen LogP contribution in [0, 0.1) is 5.92 Å². The highest BCUT2D eigenvalue weighted by Gasteiger charge is 2.24. The van der Waals surface area contributed by atoms with E-state index < -0.39 is 35.8 Å². The molecule has 0 bridgehead atoms. The van der Waals surface area contributed by atoms with Crippen LogP contribution in [0.2, 0.25) is 0 Å². The lowest BCUT2D eigenvalue weighted by molar-refractivity contribution is -0.142. The van der Waals surface area contributed by atoms with E-state index in [9.17, 15) is 19.2 Å². The third-order valence-corrected chi connectivity index (χ3v) is 2.73. The van der Waals surface area contributed by atoms with E-state index >= 15 is 0 Å². The van der Waals surface area contributed by atoms with Crippen molar-refractivity contribution < 1.29 is 29.0 Å². The zero-order valence-electron chi connectivity index (χ0n) is 13.4. The van der Waals surface area contributed by atoms with E-state index in [1.807, 2.05) is 13.8 Å². The van der Waals surface area contributed by atoms with Gasteiger partial charge in [0, 0.05) is 18.7 Å². The molecule has 0 spiro atoms. The second kappa shape index (κ2) is 10.3. The molecule has 0 aliphatic carbocycles. The molecular weight excluding hydrogens is 306 g/mol. The van der Waals surface area contributed by atoms with E-state index in [2.05, 4.69) is 15.4 Å². The zero-order chi connectivity index (χ0) is 18.0. The van der Waals surface area contributed by atoms with Gasteiger partial charge in [-0.1, -0.05) is 13.8 Å². The quantitative estimate of drug-likeness (QED) is 0.306. The zero-order valence-corrected chi connectivity index (χ0v) is 13.4. The van der Waals surface area contributed by atoms with E-state index in [0.717, 1.165) is 12.2 Å². The fourth-order valence-corrected chi connectivity index (χ4v) is 1.55. The van der Waals surface area contributed by atoms with Gasteiger partial charge in [0.15, 0.2) is 0 Å². The summed E-state index contributed by atoms with van der Waals surface area (Å²) in [7, 11) is 1.17. The average Bonchev–Trinajstić information content (AvgIpc) is 2.48. The number of nitrogens with two attached hydrogens (primary N) is 1. The van der Waals surface area contributed by atoms with Crippen LogP contribution in [0.4, 0.5) is 0 Å². The maximum Gasteiger partial charge on any atom is 0.330 e. The number of carboxylic acids is 1. The van der Waals surface area contributed by atoms with Gasteiger partial charge in [0.25, 0.3) is 0 Å². The first kappa shape index (κ1) is 20.6. The number of nitrogens with one attached hydrogen (secondary N) is 2. The van der Waals surface area contributed by atoms with Crippen LogP contribution in [0.1, 0.15) is 20.3 Å². The Morgan fingerprint density at radius 2 is 1.83 bits per heavy atom. The first-order valence-corrected chi connectivity index (χ1v) is 7.00. The van der Waals surface area contributed by atoms with Gasteiger partial charge in [0.1, 0.15) is 12.1 Å². The minimum absolute atomic E-state index is 0.0794. The van der Waals surface area contributed by atoms with Crippen molar-refractivity contribution in [1.82, 2.24) is 10.6 Å². The Morgan fingerprint density at radius 3 is 2.30 bits per heavy atom. The normalized spacial score (nSPS) is 13.4. The van der Waals surface area contributed by atoms with Crippen LogP contribution < -0.4 is 16.4 Å². The maximum atomic E-state index is 11.8. The third kappa shape index (κ3) is 9.25. The molecule has 0 aliphatic heterocycles. The summed E-state index contributed by atoms with van der Waals surface area (Å²) in [5, 5.41) is 13.7. The summed E-state index contributed by atoms with van der Waals surface area (Å²) in [5.74, 6) is -3.08. The van der Waals surface area contributed by atoms with Gasteiger partial charge >= 0.3 is 11.9 Å². The molecule has 2 amide bonds. The lowest BCUT2D eigenvalue weighted by atomic mass is 10.0. The largest absolute Gasteiger partial charge is 0.480 e. The average molecular weight is 329 g/mol. The van der Waals surface area contributed by atoms with Gasteiger partial charge in [-0.3, -0.25) is 9.59 Å². The minimum Gasteiger partial charge on any atom is -0.480 e. The van der Waals surface area contributed by atoms with Gasteiger partial charge in [-0.05, 0) is 12.3 Å². The number of amides is 2. The first-order chi connectivity index (χ1) is 10.7. The summed E-state index contributed by atoms with van der Waals surface area (Å²) in [6.07, 6.45) is 2.13. The van der Waals surface area contributed by atoms with Gasteiger partial charge in [0.2, 0.25) is 11.8 Å². The molecule has 2 atom stereocenters. The predicted octanol–water partition coefficient (Wildman–Crippen LogP) is -1.23. The van der Waals surface area contributed by atoms with Crippen LogP contribution in [0.25, 0.3) is 0 Å². The molecule has 5 N–H and O–H groups in total. The highest BCUT2D eigenvalue weighted by molar-refractivity contribution is 5.95. The summed E-state index contributed by atoms with van der Waals surface area (Å²) in [4.78, 5) is 45.1. The number of rotatable bonds is 9.